The molecule has 0 amide bonds. The molecule has 1 aromatic rings. The summed E-state index contributed by atoms with van der Waals surface area (Å²) in [5.74, 6) is 0. The summed E-state index contributed by atoms with van der Waals surface area (Å²) in [5.41, 5.74) is 0. The third-order valence-electron chi connectivity index (χ3n) is 2.03. The SMILES string of the molecule is CN1CCC(Sc2nccs2)C1. The van der Waals surface area contributed by atoms with Crippen molar-refractivity contribution in [2.45, 2.75) is 16.0 Å². The lowest BCUT2D eigenvalue weighted by Gasteiger charge is -2.07. The number of hydrogen-bond acceptors (Lipinski definition) is 4. The van der Waals surface area contributed by atoms with Crippen molar-refractivity contribution in [3.63, 3.8) is 0 Å². The first-order valence-electron chi connectivity index (χ1n) is 4.09. The van der Waals surface area contributed by atoms with Crippen LogP contribution in [0.1, 0.15) is 6.42 Å². The van der Waals surface area contributed by atoms with Gasteiger partial charge in [-0.05, 0) is 20.0 Å². The molecule has 0 aromatic carbocycles. The monoisotopic (exact) mass is 200 g/mol. The number of likely N-dealkylation sites (tertiary alicyclic amines) is 1. The third-order valence-corrected chi connectivity index (χ3v) is 4.19. The average Bonchev–Trinajstić information content (AvgIpc) is 2.63. The second-order valence-corrected chi connectivity index (χ2v) is 5.53. The number of rotatable bonds is 2. The molecule has 1 atom stereocenters. The van der Waals surface area contributed by atoms with Gasteiger partial charge in [0, 0.05) is 23.4 Å². The highest BCUT2D eigenvalue weighted by Gasteiger charge is 2.20. The molecule has 1 fully saturated rings. The minimum Gasteiger partial charge on any atom is -0.305 e. The van der Waals surface area contributed by atoms with E-state index in [9.17, 15) is 0 Å². The van der Waals surface area contributed by atoms with E-state index in [4.69, 9.17) is 0 Å². The molecule has 1 aliphatic rings. The van der Waals surface area contributed by atoms with Crippen LogP contribution < -0.4 is 0 Å². The van der Waals surface area contributed by atoms with Gasteiger partial charge in [-0.1, -0.05) is 11.8 Å². The Hall–Kier alpha value is -0.0600. The zero-order valence-electron chi connectivity index (χ0n) is 7.06. The van der Waals surface area contributed by atoms with Crippen LogP contribution in [-0.2, 0) is 0 Å². The van der Waals surface area contributed by atoms with Crippen molar-refractivity contribution in [2.24, 2.45) is 0 Å². The molecule has 0 spiro atoms. The van der Waals surface area contributed by atoms with Gasteiger partial charge in [-0.15, -0.1) is 11.3 Å². The summed E-state index contributed by atoms with van der Waals surface area (Å²) in [7, 11) is 2.18. The molecule has 0 aliphatic carbocycles. The highest BCUT2D eigenvalue weighted by molar-refractivity contribution is 8.01. The van der Waals surface area contributed by atoms with Crippen LogP contribution in [-0.4, -0.2) is 35.3 Å². The second-order valence-electron chi connectivity index (χ2n) is 3.09. The number of nitrogens with zero attached hydrogens (tertiary/aromatic N) is 2. The molecule has 2 nitrogen and oxygen atoms in total. The second kappa shape index (κ2) is 3.77. The van der Waals surface area contributed by atoms with Gasteiger partial charge in [-0.3, -0.25) is 0 Å². The van der Waals surface area contributed by atoms with Gasteiger partial charge in [0.15, 0.2) is 0 Å². The number of aromatic nitrogens is 1. The molecule has 4 heteroatoms. The third kappa shape index (κ3) is 2.00. The van der Waals surface area contributed by atoms with E-state index in [1.165, 1.54) is 23.8 Å². The summed E-state index contributed by atoms with van der Waals surface area (Å²) < 4.78 is 1.22. The maximum atomic E-state index is 4.27. The Labute approximate surface area is 81.0 Å². The number of thiazole rings is 1. The predicted molar refractivity (Wildman–Crippen MR) is 53.9 cm³/mol. The van der Waals surface area contributed by atoms with Gasteiger partial charge in [0.05, 0.1) is 0 Å². The zero-order chi connectivity index (χ0) is 8.39. The quantitative estimate of drug-likeness (QED) is 0.726. The molecule has 1 saturated heterocycles. The van der Waals surface area contributed by atoms with Crippen molar-refractivity contribution < 1.29 is 0 Å². The molecule has 0 saturated carbocycles. The first kappa shape index (κ1) is 8.53. The average molecular weight is 200 g/mol. The van der Waals surface area contributed by atoms with Crippen LogP contribution >= 0.6 is 23.1 Å². The summed E-state index contributed by atoms with van der Waals surface area (Å²) in [4.78, 5) is 6.65. The fraction of sp³-hybridized carbons (Fsp3) is 0.625. The molecule has 66 valence electrons. The van der Waals surface area contributed by atoms with Crippen LogP contribution in [0.5, 0.6) is 0 Å². The Morgan fingerprint density at radius 1 is 1.75 bits per heavy atom. The lowest BCUT2D eigenvalue weighted by molar-refractivity contribution is 0.419. The van der Waals surface area contributed by atoms with E-state index >= 15 is 0 Å². The van der Waals surface area contributed by atoms with Gasteiger partial charge in [0.25, 0.3) is 0 Å². The Morgan fingerprint density at radius 2 is 2.67 bits per heavy atom. The highest BCUT2D eigenvalue weighted by Crippen LogP contribution is 2.30. The minimum absolute atomic E-state index is 0.765. The molecular weight excluding hydrogens is 188 g/mol. The molecule has 2 rings (SSSR count). The maximum Gasteiger partial charge on any atom is 0.150 e. The Balaban J connectivity index is 1.88. The van der Waals surface area contributed by atoms with Crippen LogP contribution in [0.25, 0.3) is 0 Å². The lowest BCUT2D eigenvalue weighted by atomic mass is 10.4. The van der Waals surface area contributed by atoms with E-state index < -0.39 is 0 Å². The molecule has 0 N–H and O–H groups in total. The van der Waals surface area contributed by atoms with Gasteiger partial charge in [-0.25, -0.2) is 4.98 Å². The fourth-order valence-corrected chi connectivity index (χ4v) is 3.52. The van der Waals surface area contributed by atoms with Crippen molar-refractivity contribution in [3.8, 4) is 0 Å². The first-order chi connectivity index (χ1) is 5.84. The van der Waals surface area contributed by atoms with Crippen LogP contribution in [0.3, 0.4) is 0 Å². The Morgan fingerprint density at radius 3 is 3.25 bits per heavy atom. The predicted octanol–water partition coefficient (Wildman–Crippen LogP) is 1.94. The summed E-state index contributed by atoms with van der Waals surface area (Å²) in [5, 5.41) is 2.81. The van der Waals surface area contributed by atoms with Crippen molar-refractivity contribution in [1.29, 1.82) is 0 Å². The van der Waals surface area contributed by atoms with Crippen LogP contribution in [0.15, 0.2) is 15.9 Å². The van der Waals surface area contributed by atoms with Crippen LogP contribution in [0, 0.1) is 0 Å². The van der Waals surface area contributed by atoms with Gasteiger partial charge in [0.2, 0.25) is 0 Å². The van der Waals surface area contributed by atoms with Gasteiger partial charge < -0.3 is 4.90 Å². The molecule has 1 aliphatic heterocycles. The summed E-state index contributed by atoms with van der Waals surface area (Å²) >= 11 is 3.67. The molecule has 0 bridgehead atoms. The van der Waals surface area contributed by atoms with Gasteiger partial charge in [0.1, 0.15) is 4.34 Å². The molecule has 1 unspecified atom stereocenters. The summed E-state index contributed by atoms with van der Waals surface area (Å²) in [6.45, 7) is 2.45. The lowest BCUT2D eigenvalue weighted by Crippen LogP contribution is -2.14. The van der Waals surface area contributed by atoms with Crippen molar-refractivity contribution in [1.82, 2.24) is 9.88 Å². The van der Waals surface area contributed by atoms with Crippen molar-refractivity contribution in [3.05, 3.63) is 11.6 Å². The normalized spacial score (nSPS) is 24.9. The molecule has 12 heavy (non-hydrogen) atoms. The van der Waals surface area contributed by atoms with E-state index in [1.54, 1.807) is 11.3 Å². The molecular formula is C8H12N2S2. The van der Waals surface area contributed by atoms with E-state index in [-0.39, 0.29) is 0 Å². The van der Waals surface area contributed by atoms with Crippen molar-refractivity contribution >= 4 is 23.1 Å². The van der Waals surface area contributed by atoms with Crippen LogP contribution in [0.2, 0.25) is 0 Å². The fourth-order valence-electron chi connectivity index (χ4n) is 1.40. The minimum atomic E-state index is 0.765. The zero-order valence-corrected chi connectivity index (χ0v) is 8.70. The Kier molecular flexibility index (Phi) is 2.68. The standard InChI is InChI=1S/C8H12N2S2/c1-10-4-2-7(6-10)12-8-9-3-5-11-8/h3,5,7H,2,4,6H2,1H3. The van der Waals surface area contributed by atoms with E-state index in [0.29, 0.717) is 0 Å². The smallest absolute Gasteiger partial charge is 0.150 e. The molecule has 2 heterocycles. The topological polar surface area (TPSA) is 16.1 Å². The van der Waals surface area contributed by atoms with E-state index in [1.807, 2.05) is 23.3 Å². The number of hydrogen-bond donors (Lipinski definition) is 0. The van der Waals surface area contributed by atoms with Crippen molar-refractivity contribution in [2.75, 3.05) is 20.1 Å². The summed E-state index contributed by atoms with van der Waals surface area (Å²) in [6.07, 6.45) is 3.19. The Bertz CT molecular complexity index is 235. The molecule has 0 radical (unpaired) electrons. The largest absolute Gasteiger partial charge is 0.305 e. The van der Waals surface area contributed by atoms with E-state index in [2.05, 4.69) is 16.9 Å². The summed E-state index contributed by atoms with van der Waals surface area (Å²) in [6, 6.07) is 0. The maximum absolute atomic E-state index is 4.27. The highest BCUT2D eigenvalue weighted by atomic mass is 32.2. The first-order valence-corrected chi connectivity index (χ1v) is 5.85. The van der Waals surface area contributed by atoms with Gasteiger partial charge >= 0.3 is 0 Å². The number of thioether (sulfide) groups is 1. The molecule has 1 aromatic heterocycles. The van der Waals surface area contributed by atoms with Gasteiger partial charge in [-0.2, -0.15) is 0 Å². The van der Waals surface area contributed by atoms with E-state index in [0.717, 1.165) is 5.25 Å². The van der Waals surface area contributed by atoms with Crippen LogP contribution in [0.4, 0.5) is 0 Å².